The van der Waals surface area contributed by atoms with Crippen molar-refractivity contribution in [2.75, 3.05) is 0 Å². The molecule has 0 aromatic heterocycles. The van der Waals surface area contributed by atoms with Gasteiger partial charge in [0, 0.05) is 0 Å². The second kappa shape index (κ2) is 10.3. The molecule has 0 heterocycles. The van der Waals surface area contributed by atoms with E-state index in [2.05, 4.69) is 18.8 Å². The molecule has 0 radical (unpaired) electrons. The predicted octanol–water partition coefficient (Wildman–Crippen LogP) is 7.65. The summed E-state index contributed by atoms with van der Waals surface area (Å²) < 4.78 is 56.7. The Kier molecular flexibility index (Phi) is 7.18. The van der Waals surface area contributed by atoms with Crippen LogP contribution in [0.3, 0.4) is 0 Å². The maximum absolute atomic E-state index is 14.8. The maximum Gasteiger partial charge on any atom is 0.174 e. The molecule has 1 aliphatic carbocycles. The quantitative estimate of drug-likeness (QED) is 0.213. The molecule has 4 heteroatoms. The van der Waals surface area contributed by atoms with Gasteiger partial charge in [-0.25, -0.2) is 17.6 Å². The number of halogens is 4. The van der Waals surface area contributed by atoms with Crippen LogP contribution >= 0.6 is 0 Å². The number of aryl methyl sites for hydroxylation is 2. The molecule has 1 atom stereocenters. The van der Waals surface area contributed by atoms with Crippen molar-refractivity contribution < 1.29 is 17.6 Å². The smallest absolute Gasteiger partial charge is 0.174 e. The van der Waals surface area contributed by atoms with Crippen molar-refractivity contribution in [3.8, 4) is 11.8 Å². The lowest BCUT2D eigenvalue weighted by atomic mass is 9.79. The van der Waals surface area contributed by atoms with Crippen LogP contribution in [0, 0.1) is 35.1 Å². The molecule has 170 valence electrons. The summed E-state index contributed by atoms with van der Waals surface area (Å²) >= 11 is 0. The number of rotatable bonds is 5. The van der Waals surface area contributed by atoms with Gasteiger partial charge in [-0.15, -0.1) is 0 Å². The Labute approximate surface area is 192 Å². The van der Waals surface area contributed by atoms with E-state index in [9.17, 15) is 17.6 Å². The summed E-state index contributed by atoms with van der Waals surface area (Å²) in [5.74, 6) is 2.45. The van der Waals surface area contributed by atoms with Gasteiger partial charge in [-0.1, -0.05) is 49.8 Å². The minimum Gasteiger partial charge on any atom is -0.207 e. The van der Waals surface area contributed by atoms with E-state index in [0.717, 1.165) is 54.9 Å². The molecule has 3 aromatic carbocycles. The van der Waals surface area contributed by atoms with E-state index in [-0.39, 0.29) is 22.9 Å². The molecule has 0 aliphatic heterocycles. The Morgan fingerprint density at radius 3 is 2.42 bits per heavy atom. The Hall–Kier alpha value is -3.06. The summed E-state index contributed by atoms with van der Waals surface area (Å²) in [5.41, 5.74) is 3.56. The van der Waals surface area contributed by atoms with E-state index in [1.54, 1.807) is 12.1 Å². The fourth-order valence-electron chi connectivity index (χ4n) is 4.51. The Morgan fingerprint density at radius 2 is 1.64 bits per heavy atom. The SMILES string of the molecule is CCCCCc1ccc(C2CCc3cc(C#Cc4cccc(F)c4F)c(F)cc3C2)c(F)c1. The van der Waals surface area contributed by atoms with Crippen LogP contribution in [0.15, 0.2) is 48.5 Å². The van der Waals surface area contributed by atoms with Crippen LogP contribution in [-0.4, -0.2) is 0 Å². The van der Waals surface area contributed by atoms with E-state index < -0.39 is 17.5 Å². The van der Waals surface area contributed by atoms with E-state index >= 15 is 0 Å². The first-order chi connectivity index (χ1) is 16.0. The van der Waals surface area contributed by atoms with Crippen molar-refractivity contribution in [3.05, 3.63) is 105 Å². The summed E-state index contributed by atoms with van der Waals surface area (Å²) in [6.45, 7) is 2.15. The summed E-state index contributed by atoms with van der Waals surface area (Å²) in [6, 6.07) is 12.4. The first-order valence-electron chi connectivity index (χ1n) is 11.5. The van der Waals surface area contributed by atoms with Crippen LogP contribution in [0.2, 0.25) is 0 Å². The number of benzene rings is 3. The topological polar surface area (TPSA) is 0 Å². The van der Waals surface area contributed by atoms with Gasteiger partial charge < -0.3 is 0 Å². The molecule has 33 heavy (non-hydrogen) atoms. The average Bonchev–Trinajstić information content (AvgIpc) is 2.80. The predicted molar refractivity (Wildman–Crippen MR) is 123 cm³/mol. The van der Waals surface area contributed by atoms with Crippen molar-refractivity contribution in [3.63, 3.8) is 0 Å². The first-order valence-corrected chi connectivity index (χ1v) is 11.5. The molecule has 0 saturated carbocycles. The standard InChI is InChI=1S/C29H26F4/c1-2-3-4-6-19-9-14-25(28(32)15-19)22-12-11-21-16-23(27(31)18-24(21)17-22)13-10-20-7-5-8-26(30)29(20)33/h5,7-9,14-16,18,22H,2-4,6,11-12,17H2,1H3. The fourth-order valence-corrected chi connectivity index (χ4v) is 4.51. The lowest BCUT2D eigenvalue weighted by Crippen LogP contribution is -2.15. The summed E-state index contributed by atoms with van der Waals surface area (Å²) in [6.07, 6.45) is 6.21. The minimum absolute atomic E-state index is 0.0000779. The van der Waals surface area contributed by atoms with Crippen LogP contribution < -0.4 is 0 Å². The third-order valence-corrected chi connectivity index (χ3v) is 6.37. The zero-order valence-corrected chi connectivity index (χ0v) is 18.7. The van der Waals surface area contributed by atoms with E-state index in [4.69, 9.17) is 0 Å². The van der Waals surface area contributed by atoms with Crippen molar-refractivity contribution in [2.24, 2.45) is 0 Å². The molecular formula is C29H26F4. The zero-order chi connectivity index (χ0) is 23.4. The molecule has 0 saturated heterocycles. The molecule has 1 unspecified atom stereocenters. The highest BCUT2D eigenvalue weighted by Crippen LogP contribution is 2.35. The molecule has 4 rings (SSSR count). The number of hydrogen-bond donors (Lipinski definition) is 0. The van der Waals surface area contributed by atoms with Gasteiger partial charge in [0.1, 0.15) is 11.6 Å². The summed E-state index contributed by atoms with van der Waals surface area (Å²) in [7, 11) is 0. The van der Waals surface area contributed by atoms with Crippen LogP contribution in [0.25, 0.3) is 0 Å². The lowest BCUT2D eigenvalue weighted by molar-refractivity contribution is 0.506. The highest BCUT2D eigenvalue weighted by molar-refractivity contribution is 5.48. The normalized spacial score (nSPS) is 15.0. The monoisotopic (exact) mass is 450 g/mol. The molecule has 0 amide bonds. The molecule has 0 fully saturated rings. The maximum atomic E-state index is 14.8. The molecule has 0 N–H and O–H groups in total. The third kappa shape index (κ3) is 5.30. The molecular weight excluding hydrogens is 424 g/mol. The van der Waals surface area contributed by atoms with Crippen molar-refractivity contribution in [2.45, 2.75) is 57.8 Å². The molecule has 0 bridgehead atoms. The highest BCUT2D eigenvalue weighted by Gasteiger charge is 2.24. The van der Waals surface area contributed by atoms with Gasteiger partial charge in [0.05, 0.1) is 11.1 Å². The van der Waals surface area contributed by atoms with Crippen molar-refractivity contribution in [1.82, 2.24) is 0 Å². The van der Waals surface area contributed by atoms with Gasteiger partial charge in [-0.2, -0.15) is 0 Å². The molecule has 0 nitrogen and oxygen atoms in total. The van der Waals surface area contributed by atoms with Crippen LogP contribution in [0.5, 0.6) is 0 Å². The van der Waals surface area contributed by atoms with Gasteiger partial charge >= 0.3 is 0 Å². The average molecular weight is 451 g/mol. The minimum atomic E-state index is -1.04. The van der Waals surface area contributed by atoms with Gasteiger partial charge in [-0.05, 0) is 90.6 Å². The van der Waals surface area contributed by atoms with Gasteiger partial charge in [-0.3, -0.25) is 0 Å². The summed E-state index contributed by atoms with van der Waals surface area (Å²) in [4.78, 5) is 0. The molecule has 0 spiro atoms. The molecule has 1 aliphatic rings. The van der Waals surface area contributed by atoms with Crippen LogP contribution in [0.1, 0.15) is 71.9 Å². The van der Waals surface area contributed by atoms with Gasteiger partial charge in [0.25, 0.3) is 0 Å². The van der Waals surface area contributed by atoms with Crippen molar-refractivity contribution in [1.29, 1.82) is 0 Å². The number of fused-ring (bicyclic) bond motifs is 1. The van der Waals surface area contributed by atoms with E-state index in [1.165, 1.54) is 18.2 Å². The van der Waals surface area contributed by atoms with E-state index in [0.29, 0.717) is 18.4 Å². The van der Waals surface area contributed by atoms with Crippen LogP contribution in [0.4, 0.5) is 17.6 Å². The highest BCUT2D eigenvalue weighted by atomic mass is 19.2. The second-order valence-electron chi connectivity index (χ2n) is 8.70. The van der Waals surface area contributed by atoms with Crippen LogP contribution in [-0.2, 0) is 19.3 Å². The fraction of sp³-hybridized carbons (Fsp3) is 0.310. The molecule has 3 aromatic rings. The Bertz CT molecular complexity index is 1220. The van der Waals surface area contributed by atoms with Crippen molar-refractivity contribution >= 4 is 0 Å². The Morgan fingerprint density at radius 1 is 0.818 bits per heavy atom. The largest absolute Gasteiger partial charge is 0.207 e. The Balaban J connectivity index is 1.52. The lowest BCUT2D eigenvalue weighted by Gasteiger charge is -2.26. The van der Waals surface area contributed by atoms with Gasteiger partial charge in [0.2, 0.25) is 0 Å². The number of unbranched alkanes of at least 4 members (excludes halogenated alkanes) is 2. The van der Waals surface area contributed by atoms with Gasteiger partial charge in [0.15, 0.2) is 11.6 Å². The first kappa shape index (κ1) is 23.1. The zero-order valence-electron chi connectivity index (χ0n) is 18.7. The third-order valence-electron chi connectivity index (χ3n) is 6.37. The summed E-state index contributed by atoms with van der Waals surface area (Å²) in [5, 5.41) is 0. The second-order valence-corrected chi connectivity index (χ2v) is 8.70. The number of hydrogen-bond acceptors (Lipinski definition) is 0. The van der Waals surface area contributed by atoms with E-state index in [1.807, 2.05) is 12.1 Å².